The van der Waals surface area contributed by atoms with Gasteiger partial charge in [0.05, 0.1) is 5.60 Å². The number of primary amides is 1. The largest absolute Gasteiger partial charge is 0.388 e. The second-order valence-corrected chi connectivity index (χ2v) is 5.24. The van der Waals surface area contributed by atoms with Crippen molar-refractivity contribution in [2.45, 2.75) is 32.8 Å². The summed E-state index contributed by atoms with van der Waals surface area (Å²) in [6.07, 6.45) is 2.22. The number of pyridine rings is 1. The number of carbonyl (C=O) groups is 1. The van der Waals surface area contributed by atoms with E-state index in [9.17, 15) is 9.90 Å². The first-order chi connectivity index (χ1) is 8.30. The Kier molecular flexibility index (Phi) is 4.67. The molecule has 4 N–H and O–H groups in total. The van der Waals surface area contributed by atoms with E-state index in [0.29, 0.717) is 18.9 Å². The van der Waals surface area contributed by atoms with Crippen LogP contribution in [-0.2, 0) is 0 Å². The van der Waals surface area contributed by atoms with Gasteiger partial charge in [-0.15, -0.1) is 0 Å². The SMILES string of the molecule is CC(C)CC(C)(O)CNc1ccnc(C(N)=O)c1. The molecule has 1 aromatic heterocycles. The van der Waals surface area contributed by atoms with Gasteiger partial charge in [0, 0.05) is 18.4 Å². The Balaban J connectivity index is 2.63. The first-order valence-corrected chi connectivity index (χ1v) is 6.02. The summed E-state index contributed by atoms with van der Waals surface area (Å²) in [6.45, 7) is 6.32. The van der Waals surface area contributed by atoms with Crippen molar-refractivity contribution < 1.29 is 9.90 Å². The molecule has 0 aliphatic heterocycles. The molecule has 18 heavy (non-hydrogen) atoms. The number of nitrogens with zero attached hydrogens (tertiary/aromatic N) is 1. The number of hydrogen-bond donors (Lipinski definition) is 3. The highest BCUT2D eigenvalue weighted by molar-refractivity contribution is 5.91. The Morgan fingerprint density at radius 3 is 2.83 bits per heavy atom. The van der Waals surface area contributed by atoms with Crippen molar-refractivity contribution in [1.29, 1.82) is 0 Å². The molecule has 0 aliphatic carbocycles. The lowest BCUT2D eigenvalue weighted by Crippen LogP contribution is -2.34. The summed E-state index contributed by atoms with van der Waals surface area (Å²) in [4.78, 5) is 14.8. The maximum absolute atomic E-state index is 11.0. The van der Waals surface area contributed by atoms with Crippen molar-refractivity contribution in [3.8, 4) is 0 Å². The summed E-state index contributed by atoms with van der Waals surface area (Å²) in [5.41, 5.74) is 5.30. The van der Waals surface area contributed by atoms with E-state index < -0.39 is 11.5 Å². The Hall–Kier alpha value is -1.62. The average molecular weight is 251 g/mol. The quantitative estimate of drug-likeness (QED) is 0.713. The second kappa shape index (κ2) is 5.82. The Bertz CT molecular complexity index is 416. The zero-order valence-electron chi connectivity index (χ0n) is 11.1. The Labute approximate surface area is 107 Å². The van der Waals surface area contributed by atoms with E-state index in [-0.39, 0.29) is 5.69 Å². The predicted octanol–water partition coefficient (Wildman–Crippen LogP) is 1.39. The molecule has 5 heteroatoms. The van der Waals surface area contributed by atoms with Crippen molar-refractivity contribution in [2.24, 2.45) is 11.7 Å². The number of rotatable bonds is 6. The van der Waals surface area contributed by atoms with Gasteiger partial charge < -0.3 is 16.2 Å². The number of anilines is 1. The first-order valence-electron chi connectivity index (χ1n) is 6.02. The fourth-order valence-electron chi connectivity index (χ4n) is 1.92. The average Bonchev–Trinajstić information content (AvgIpc) is 2.25. The van der Waals surface area contributed by atoms with Gasteiger partial charge in [0.2, 0.25) is 0 Å². The molecule has 0 radical (unpaired) electrons. The van der Waals surface area contributed by atoms with Gasteiger partial charge in [-0.2, -0.15) is 0 Å². The highest BCUT2D eigenvalue weighted by Gasteiger charge is 2.21. The van der Waals surface area contributed by atoms with Crippen molar-refractivity contribution >= 4 is 11.6 Å². The predicted molar refractivity (Wildman–Crippen MR) is 71.3 cm³/mol. The summed E-state index contributed by atoms with van der Waals surface area (Å²) < 4.78 is 0. The fourth-order valence-corrected chi connectivity index (χ4v) is 1.92. The van der Waals surface area contributed by atoms with Crippen LogP contribution in [-0.4, -0.2) is 28.1 Å². The molecule has 0 saturated heterocycles. The maximum Gasteiger partial charge on any atom is 0.267 e. The molecular formula is C13H21N3O2. The van der Waals surface area contributed by atoms with Crippen molar-refractivity contribution in [2.75, 3.05) is 11.9 Å². The van der Waals surface area contributed by atoms with Crippen molar-refractivity contribution in [1.82, 2.24) is 4.98 Å². The molecule has 0 bridgehead atoms. The zero-order chi connectivity index (χ0) is 13.8. The third kappa shape index (κ3) is 4.71. The van der Waals surface area contributed by atoms with Gasteiger partial charge in [-0.1, -0.05) is 13.8 Å². The molecule has 5 nitrogen and oxygen atoms in total. The lowest BCUT2D eigenvalue weighted by atomic mass is 9.94. The monoisotopic (exact) mass is 251 g/mol. The van der Waals surface area contributed by atoms with Gasteiger partial charge in [0.25, 0.3) is 5.91 Å². The van der Waals surface area contributed by atoms with Crippen LogP contribution in [0.2, 0.25) is 0 Å². The minimum Gasteiger partial charge on any atom is -0.388 e. The molecule has 1 rings (SSSR count). The Morgan fingerprint density at radius 1 is 1.61 bits per heavy atom. The summed E-state index contributed by atoms with van der Waals surface area (Å²) in [5.74, 6) is -0.145. The molecule has 1 heterocycles. The van der Waals surface area contributed by atoms with Crippen LogP contribution >= 0.6 is 0 Å². The van der Waals surface area contributed by atoms with E-state index in [2.05, 4.69) is 24.1 Å². The zero-order valence-corrected chi connectivity index (χ0v) is 11.1. The van der Waals surface area contributed by atoms with Gasteiger partial charge in [-0.05, 0) is 31.4 Å². The number of carbonyl (C=O) groups excluding carboxylic acids is 1. The standard InChI is InChI=1S/C13H21N3O2/c1-9(2)7-13(3,18)8-16-10-4-5-15-11(6-10)12(14)17/h4-6,9,18H,7-8H2,1-3H3,(H2,14,17)(H,15,16). The van der Waals surface area contributed by atoms with Crippen LogP contribution in [0.5, 0.6) is 0 Å². The molecule has 0 fully saturated rings. The van der Waals surface area contributed by atoms with Crippen molar-refractivity contribution in [3.63, 3.8) is 0 Å². The number of aromatic nitrogens is 1. The highest BCUT2D eigenvalue weighted by Crippen LogP contribution is 2.17. The number of nitrogens with one attached hydrogen (secondary N) is 1. The van der Waals surface area contributed by atoms with Crippen LogP contribution in [0, 0.1) is 5.92 Å². The second-order valence-electron chi connectivity index (χ2n) is 5.24. The molecule has 0 saturated carbocycles. The molecule has 0 aliphatic rings. The van der Waals surface area contributed by atoms with E-state index in [1.165, 1.54) is 6.20 Å². The van der Waals surface area contributed by atoms with Crippen LogP contribution in [0.3, 0.4) is 0 Å². The molecule has 1 aromatic rings. The molecule has 100 valence electrons. The van der Waals surface area contributed by atoms with Gasteiger partial charge in [-0.3, -0.25) is 9.78 Å². The van der Waals surface area contributed by atoms with Gasteiger partial charge in [-0.25, -0.2) is 0 Å². The number of nitrogens with two attached hydrogens (primary N) is 1. The molecule has 0 aromatic carbocycles. The number of hydrogen-bond acceptors (Lipinski definition) is 4. The molecule has 1 amide bonds. The lowest BCUT2D eigenvalue weighted by Gasteiger charge is -2.26. The molecule has 1 atom stereocenters. The van der Waals surface area contributed by atoms with Gasteiger partial charge >= 0.3 is 0 Å². The summed E-state index contributed by atoms with van der Waals surface area (Å²) >= 11 is 0. The topological polar surface area (TPSA) is 88.2 Å². The van der Waals surface area contributed by atoms with E-state index in [1.807, 2.05) is 0 Å². The van der Waals surface area contributed by atoms with Crippen LogP contribution in [0.25, 0.3) is 0 Å². The van der Waals surface area contributed by atoms with Crippen LogP contribution in [0.1, 0.15) is 37.7 Å². The lowest BCUT2D eigenvalue weighted by molar-refractivity contribution is 0.0515. The minimum absolute atomic E-state index is 0.212. The first kappa shape index (κ1) is 14.4. The summed E-state index contributed by atoms with van der Waals surface area (Å²) in [5, 5.41) is 13.2. The van der Waals surface area contributed by atoms with Gasteiger partial charge in [0.1, 0.15) is 5.69 Å². The van der Waals surface area contributed by atoms with Crippen LogP contribution < -0.4 is 11.1 Å². The molecular weight excluding hydrogens is 230 g/mol. The van der Waals surface area contributed by atoms with Crippen LogP contribution in [0.15, 0.2) is 18.3 Å². The summed E-state index contributed by atoms with van der Waals surface area (Å²) in [7, 11) is 0. The third-order valence-corrected chi connectivity index (χ3v) is 2.53. The number of aliphatic hydroxyl groups is 1. The van der Waals surface area contributed by atoms with Crippen molar-refractivity contribution in [3.05, 3.63) is 24.0 Å². The normalized spacial score (nSPS) is 14.3. The third-order valence-electron chi connectivity index (χ3n) is 2.53. The van der Waals surface area contributed by atoms with E-state index in [0.717, 1.165) is 5.69 Å². The number of amides is 1. The summed E-state index contributed by atoms with van der Waals surface area (Å²) in [6, 6.07) is 3.31. The maximum atomic E-state index is 11.0. The molecule has 0 spiro atoms. The highest BCUT2D eigenvalue weighted by atomic mass is 16.3. The van der Waals surface area contributed by atoms with Crippen LogP contribution in [0.4, 0.5) is 5.69 Å². The van der Waals surface area contributed by atoms with E-state index in [4.69, 9.17) is 5.73 Å². The van der Waals surface area contributed by atoms with E-state index >= 15 is 0 Å². The molecule has 1 unspecified atom stereocenters. The minimum atomic E-state index is -0.787. The fraction of sp³-hybridized carbons (Fsp3) is 0.538. The smallest absolute Gasteiger partial charge is 0.267 e. The van der Waals surface area contributed by atoms with Gasteiger partial charge in [0.15, 0.2) is 0 Å². The van der Waals surface area contributed by atoms with E-state index in [1.54, 1.807) is 19.1 Å². The Morgan fingerprint density at radius 2 is 2.28 bits per heavy atom.